The third kappa shape index (κ3) is 6.00. The Morgan fingerprint density at radius 2 is 1.85 bits per heavy atom. The molecular weight excluding hydrogens is 356 g/mol. The van der Waals surface area contributed by atoms with Gasteiger partial charge >= 0.3 is 0 Å². The Labute approximate surface area is 161 Å². The van der Waals surface area contributed by atoms with Crippen molar-refractivity contribution in [2.45, 2.75) is 95.7 Å². The average Bonchev–Trinajstić information content (AvgIpc) is 3.05. The second-order valence-corrected chi connectivity index (χ2v) is 7.93. The van der Waals surface area contributed by atoms with Gasteiger partial charge in [-0.05, 0) is 32.5 Å². The lowest BCUT2D eigenvalue weighted by molar-refractivity contribution is -0.218. The minimum atomic E-state index is -0.896. The Balaban J connectivity index is 1.70. The molecule has 5 atom stereocenters. The molecule has 2 rings (SSSR count). The van der Waals surface area contributed by atoms with Crippen LogP contribution < -0.4 is 10.6 Å². The summed E-state index contributed by atoms with van der Waals surface area (Å²) in [4.78, 5) is 0. The highest BCUT2D eigenvalue weighted by Crippen LogP contribution is 2.38. The predicted octanol–water partition coefficient (Wildman–Crippen LogP) is 1.41. The molecule has 0 aliphatic carbocycles. The van der Waals surface area contributed by atoms with Gasteiger partial charge in [0, 0.05) is 6.54 Å². The molecular formula is C18H34N2O5S. The van der Waals surface area contributed by atoms with E-state index in [2.05, 4.69) is 17.6 Å². The monoisotopic (exact) mass is 390 g/mol. The standard InChI is InChI=1S/C18H34N2O5S/c1-4-5-6-7-8-9-10-19-17(26)20-12(11-21)14-13(22)15-16(23-14)25-18(2,3)24-15/h12-16,21-22H,4-11H2,1-3H3,(H2,19,20,26)/t12-,13+,14+,15-,16-/m1/s1. The van der Waals surface area contributed by atoms with Crippen LogP contribution in [0, 0.1) is 0 Å². The van der Waals surface area contributed by atoms with Crippen LogP contribution in [0.5, 0.6) is 0 Å². The average molecular weight is 391 g/mol. The summed E-state index contributed by atoms with van der Waals surface area (Å²) in [5, 5.41) is 26.8. The first-order chi connectivity index (χ1) is 12.4. The number of thiocarbonyl (C=S) groups is 1. The molecule has 0 spiro atoms. The lowest BCUT2D eigenvalue weighted by Gasteiger charge is -2.29. The number of fused-ring (bicyclic) bond motifs is 1. The fraction of sp³-hybridized carbons (Fsp3) is 0.944. The summed E-state index contributed by atoms with van der Waals surface area (Å²) >= 11 is 5.29. The van der Waals surface area contributed by atoms with Crippen LogP contribution in [-0.4, -0.2) is 64.9 Å². The first-order valence-corrected chi connectivity index (χ1v) is 10.1. The van der Waals surface area contributed by atoms with E-state index in [1.54, 1.807) is 13.8 Å². The molecule has 4 N–H and O–H groups in total. The molecule has 2 aliphatic heterocycles. The Kier molecular flexibility index (Phi) is 8.50. The molecule has 0 radical (unpaired) electrons. The van der Waals surface area contributed by atoms with Crippen molar-refractivity contribution in [3.8, 4) is 0 Å². The lowest BCUT2D eigenvalue weighted by Crippen LogP contribution is -2.53. The highest BCUT2D eigenvalue weighted by Gasteiger charge is 2.56. The van der Waals surface area contributed by atoms with E-state index in [4.69, 9.17) is 26.4 Å². The molecule has 152 valence electrons. The molecule has 0 amide bonds. The van der Waals surface area contributed by atoms with Crippen LogP contribution in [0.15, 0.2) is 0 Å². The van der Waals surface area contributed by atoms with Gasteiger partial charge in [-0.15, -0.1) is 0 Å². The van der Waals surface area contributed by atoms with Gasteiger partial charge in [-0.3, -0.25) is 0 Å². The Hall–Kier alpha value is -0.510. The van der Waals surface area contributed by atoms with Crippen molar-refractivity contribution < 1.29 is 24.4 Å². The molecule has 2 saturated heterocycles. The van der Waals surface area contributed by atoms with Gasteiger partial charge in [0.05, 0.1) is 12.6 Å². The van der Waals surface area contributed by atoms with Crippen molar-refractivity contribution >= 4 is 17.3 Å². The first-order valence-electron chi connectivity index (χ1n) is 9.72. The van der Waals surface area contributed by atoms with Crippen molar-refractivity contribution in [3.05, 3.63) is 0 Å². The fourth-order valence-corrected chi connectivity index (χ4v) is 3.66. The van der Waals surface area contributed by atoms with Gasteiger partial charge in [0.2, 0.25) is 0 Å². The second kappa shape index (κ2) is 10.1. The Morgan fingerprint density at radius 3 is 2.50 bits per heavy atom. The van der Waals surface area contributed by atoms with E-state index in [1.807, 2.05) is 0 Å². The van der Waals surface area contributed by atoms with E-state index in [9.17, 15) is 10.2 Å². The van der Waals surface area contributed by atoms with Crippen molar-refractivity contribution in [2.24, 2.45) is 0 Å². The number of rotatable bonds is 10. The largest absolute Gasteiger partial charge is 0.394 e. The van der Waals surface area contributed by atoms with Gasteiger partial charge in [0.25, 0.3) is 0 Å². The topological polar surface area (TPSA) is 92.2 Å². The first kappa shape index (κ1) is 21.8. The quantitative estimate of drug-likeness (QED) is 0.329. The summed E-state index contributed by atoms with van der Waals surface area (Å²) in [6, 6.07) is -0.532. The van der Waals surface area contributed by atoms with Crippen LogP contribution >= 0.6 is 12.2 Å². The second-order valence-electron chi connectivity index (χ2n) is 7.52. The van der Waals surface area contributed by atoms with Crippen molar-refractivity contribution in [1.29, 1.82) is 0 Å². The molecule has 0 aromatic carbocycles. The van der Waals surface area contributed by atoms with E-state index >= 15 is 0 Å². The van der Waals surface area contributed by atoms with Gasteiger partial charge in [-0.25, -0.2) is 0 Å². The van der Waals surface area contributed by atoms with Crippen LogP contribution in [0.1, 0.15) is 59.3 Å². The summed E-state index contributed by atoms with van der Waals surface area (Å²) in [7, 11) is 0. The molecule has 2 aliphatic rings. The molecule has 26 heavy (non-hydrogen) atoms. The van der Waals surface area contributed by atoms with Gasteiger partial charge in [-0.1, -0.05) is 39.0 Å². The predicted molar refractivity (Wildman–Crippen MR) is 103 cm³/mol. The van der Waals surface area contributed by atoms with Crippen LogP contribution in [-0.2, 0) is 14.2 Å². The number of aliphatic hydroxyl groups is 2. The molecule has 0 saturated carbocycles. The zero-order chi connectivity index (χ0) is 19.2. The van der Waals surface area contributed by atoms with E-state index in [1.165, 1.54) is 32.1 Å². The zero-order valence-electron chi connectivity index (χ0n) is 16.1. The molecule has 7 nitrogen and oxygen atoms in total. The normalized spacial score (nSPS) is 30.8. The summed E-state index contributed by atoms with van der Waals surface area (Å²) < 4.78 is 17.1. The Morgan fingerprint density at radius 1 is 1.15 bits per heavy atom. The van der Waals surface area contributed by atoms with E-state index in [0.717, 1.165) is 13.0 Å². The molecule has 0 unspecified atom stereocenters. The molecule has 0 aromatic rings. The molecule has 2 heterocycles. The zero-order valence-corrected chi connectivity index (χ0v) is 16.9. The van der Waals surface area contributed by atoms with Crippen LogP contribution in [0.4, 0.5) is 0 Å². The number of nitrogens with one attached hydrogen (secondary N) is 2. The van der Waals surface area contributed by atoms with Crippen molar-refractivity contribution in [2.75, 3.05) is 13.2 Å². The number of aliphatic hydroxyl groups excluding tert-OH is 2. The molecule has 0 bridgehead atoms. The smallest absolute Gasteiger partial charge is 0.190 e. The maximum Gasteiger partial charge on any atom is 0.190 e. The number of unbranched alkanes of at least 4 members (excludes halogenated alkanes) is 5. The minimum Gasteiger partial charge on any atom is -0.394 e. The summed E-state index contributed by atoms with van der Waals surface area (Å²) in [5.74, 6) is -0.780. The third-order valence-electron chi connectivity index (χ3n) is 4.78. The van der Waals surface area contributed by atoms with Crippen LogP contribution in [0.2, 0.25) is 0 Å². The highest BCUT2D eigenvalue weighted by molar-refractivity contribution is 7.80. The molecule has 2 fully saturated rings. The van der Waals surface area contributed by atoms with Crippen LogP contribution in [0.25, 0.3) is 0 Å². The lowest BCUT2D eigenvalue weighted by atomic mass is 10.0. The third-order valence-corrected chi connectivity index (χ3v) is 5.04. The fourth-order valence-electron chi connectivity index (χ4n) is 3.41. The number of hydrogen-bond acceptors (Lipinski definition) is 6. The van der Waals surface area contributed by atoms with Gasteiger partial charge < -0.3 is 35.1 Å². The highest BCUT2D eigenvalue weighted by atomic mass is 32.1. The van der Waals surface area contributed by atoms with E-state index < -0.39 is 36.4 Å². The van der Waals surface area contributed by atoms with Crippen molar-refractivity contribution in [1.82, 2.24) is 10.6 Å². The maximum absolute atomic E-state index is 10.5. The molecule has 0 aromatic heterocycles. The molecule has 8 heteroatoms. The van der Waals surface area contributed by atoms with E-state index in [-0.39, 0.29) is 6.61 Å². The minimum absolute atomic E-state index is 0.219. The number of hydrogen-bond donors (Lipinski definition) is 4. The maximum atomic E-state index is 10.5. The van der Waals surface area contributed by atoms with Gasteiger partial charge in [0.1, 0.15) is 18.3 Å². The van der Waals surface area contributed by atoms with E-state index in [0.29, 0.717) is 5.11 Å². The summed E-state index contributed by atoms with van der Waals surface area (Å²) in [5.41, 5.74) is 0. The SMILES string of the molecule is CCCCCCCCNC(=S)N[C@H](CO)[C@@H]1O[C@@H]2OC(C)(C)O[C@@H]2[C@H]1O. The summed E-state index contributed by atoms with van der Waals surface area (Å²) in [6.07, 6.45) is 4.56. The van der Waals surface area contributed by atoms with Gasteiger partial charge in [-0.2, -0.15) is 0 Å². The number of ether oxygens (including phenoxy) is 3. The van der Waals surface area contributed by atoms with Crippen LogP contribution in [0.3, 0.4) is 0 Å². The Bertz CT molecular complexity index is 451. The summed E-state index contributed by atoms with van der Waals surface area (Å²) in [6.45, 7) is 6.33. The van der Waals surface area contributed by atoms with Gasteiger partial charge in [0.15, 0.2) is 17.2 Å². The van der Waals surface area contributed by atoms with Crippen molar-refractivity contribution in [3.63, 3.8) is 0 Å².